The van der Waals surface area contributed by atoms with Crippen LogP contribution in [0, 0.1) is 0 Å². The molecule has 0 saturated carbocycles. The van der Waals surface area contributed by atoms with E-state index in [1.165, 1.54) is 4.90 Å². The lowest BCUT2D eigenvalue weighted by molar-refractivity contribution is -0.155. The highest BCUT2D eigenvalue weighted by atomic mass is 35.5. The molecule has 2 aliphatic rings. The Morgan fingerprint density at radius 3 is 2.93 bits per heavy atom. The van der Waals surface area contributed by atoms with Crippen LogP contribution in [-0.4, -0.2) is 51.4 Å². The Hall–Kier alpha value is -3.13. The molecule has 1 aromatic heterocycles. The number of carboxylic acid groups (broad SMARTS) is 1. The van der Waals surface area contributed by atoms with Crippen molar-refractivity contribution in [2.45, 2.75) is 24.9 Å². The highest BCUT2D eigenvalue weighted by Crippen LogP contribution is 2.37. The van der Waals surface area contributed by atoms with Crippen LogP contribution < -0.4 is 10.6 Å². The maximum absolute atomic E-state index is 12.3. The summed E-state index contributed by atoms with van der Waals surface area (Å²) in [4.78, 5) is 41.4. The van der Waals surface area contributed by atoms with Gasteiger partial charge in [-0.15, -0.1) is 0 Å². The van der Waals surface area contributed by atoms with Crippen molar-refractivity contribution in [1.29, 1.82) is 0 Å². The van der Waals surface area contributed by atoms with E-state index < -0.39 is 17.9 Å². The predicted molar refractivity (Wildman–Crippen MR) is 103 cm³/mol. The van der Waals surface area contributed by atoms with Crippen molar-refractivity contribution in [2.24, 2.45) is 0 Å². The van der Waals surface area contributed by atoms with Crippen LogP contribution in [0.5, 0.6) is 0 Å². The number of benzene rings is 1. The van der Waals surface area contributed by atoms with Gasteiger partial charge in [0.1, 0.15) is 11.7 Å². The summed E-state index contributed by atoms with van der Waals surface area (Å²) in [5.74, 6) is -2.03. The van der Waals surface area contributed by atoms with Crippen LogP contribution >= 0.6 is 11.6 Å². The summed E-state index contributed by atoms with van der Waals surface area (Å²) in [6.07, 6.45) is 2.59. The van der Waals surface area contributed by atoms with Crippen molar-refractivity contribution in [3.05, 3.63) is 47.3 Å². The van der Waals surface area contributed by atoms with Crippen LogP contribution in [0.3, 0.4) is 0 Å². The molecule has 0 spiro atoms. The van der Waals surface area contributed by atoms with Crippen molar-refractivity contribution in [3.63, 3.8) is 0 Å². The summed E-state index contributed by atoms with van der Waals surface area (Å²) in [6, 6.07) is 8.23. The number of halogens is 1. The van der Waals surface area contributed by atoms with Gasteiger partial charge in [-0.25, -0.2) is 4.79 Å². The number of hydrogen-bond acceptors (Lipinski definition) is 5. The summed E-state index contributed by atoms with van der Waals surface area (Å²) in [6.45, 7) is -0.00927. The monoisotopic (exact) mass is 400 g/mol. The normalized spacial score (nSPS) is 21.2. The second-order valence-electron chi connectivity index (χ2n) is 6.68. The van der Waals surface area contributed by atoms with Crippen molar-refractivity contribution in [3.8, 4) is 0 Å². The lowest BCUT2D eigenvalue weighted by atomic mass is 9.86. The minimum atomic E-state index is -1.24. The number of nitrogens with zero attached hydrogens (tertiary/aromatic N) is 2. The maximum Gasteiger partial charge on any atom is 0.353 e. The van der Waals surface area contributed by atoms with Gasteiger partial charge in [0, 0.05) is 22.3 Å². The van der Waals surface area contributed by atoms with Gasteiger partial charge in [-0.05, 0) is 37.1 Å². The Morgan fingerprint density at radius 1 is 1.32 bits per heavy atom. The minimum absolute atomic E-state index is 0.00927. The van der Waals surface area contributed by atoms with E-state index in [2.05, 4.69) is 15.6 Å². The van der Waals surface area contributed by atoms with Crippen molar-refractivity contribution < 1.29 is 19.5 Å². The van der Waals surface area contributed by atoms with Gasteiger partial charge in [-0.3, -0.25) is 19.5 Å². The summed E-state index contributed by atoms with van der Waals surface area (Å²) in [7, 11) is 0. The summed E-state index contributed by atoms with van der Waals surface area (Å²) < 4.78 is 0. The number of carboxylic acids is 1. The molecule has 4 rings (SSSR count). The van der Waals surface area contributed by atoms with E-state index >= 15 is 0 Å². The smallest absolute Gasteiger partial charge is 0.353 e. The Labute approximate surface area is 165 Å². The number of fused-ring (bicyclic) bond motifs is 2. The number of allylic oxidation sites excluding steroid dienone is 1. The molecular formula is C19H17ClN4O4. The number of aliphatic carboxylic acids is 1. The molecule has 28 heavy (non-hydrogen) atoms. The topological polar surface area (TPSA) is 112 Å². The number of carbonyl (C=O) groups is 3. The third kappa shape index (κ3) is 3.16. The van der Waals surface area contributed by atoms with Crippen LogP contribution in [0.1, 0.15) is 12.8 Å². The quantitative estimate of drug-likeness (QED) is 0.658. The third-order valence-corrected chi connectivity index (χ3v) is 5.32. The molecule has 8 nitrogen and oxygen atoms in total. The number of pyridine rings is 1. The third-order valence-electron chi connectivity index (χ3n) is 4.95. The molecule has 3 heterocycles. The van der Waals surface area contributed by atoms with Gasteiger partial charge < -0.3 is 15.7 Å². The van der Waals surface area contributed by atoms with E-state index in [9.17, 15) is 19.5 Å². The second-order valence-corrected chi connectivity index (χ2v) is 7.14. The largest absolute Gasteiger partial charge is 0.477 e. The summed E-state index contributed by atoms with van der Waals surface area (Å²) in [5, 5.41) is 16.1. The first-order valence-corrected chi connectivity index (χ1v) is 9.16. The van der Waals surface area contributed by atoms with Crippen molar-refractivity contribution in [2.75, 3.05) is 11.9 Å². The fourth-order valence-corrected chi connectivity index (χ4v) is 3.89. The molecule has 0 unspecified atom stereocenters. The van der Waals surface area contributed by atoms with E-state index in [1.54, 1.807) is 6.20 Å². The Balaban J connectivity index is 1.37. The summed E-state index contributed by atoms with van der Waals surface area (Å²) >= 11 is 5.95. The average molecular weight is 401 g/mol. The van der Waals surface area contributed by atoms with Gasteiger partial charge in [0.2, 0.25) is 5.91 Å². The molecule has 2 aromatic rings. The van der Waals surface area contributed by atoms with Crippen LogP contribution in [0.2, 0.25) is 0 Å². The van der Waals surface area contributed by atoms with Gasteiger partial charge in [0.05, 0.1) is 18.1 Å². The number of anilines is 1. The van der Waals surface area contributed by atoms with E-state index in [4.69, 9.17) is 11.6 Å². The molecule has 144 valence electrons. The zero-order valence-corrected chi connectivity index (χ0v) is 15.4. The van der Waals surface area contributed by atoms with Crippen LogP contribution in [0.25, 0.3) is 10.9 Å². The standard InChI is InChI=1S/C19H17ClN4O4/c20-12-4-6-14-16(18(26)24(14)17(12)19(27)28)23-15(25)9-22-11-3-5-13-10(8-11)2-1-7-21-13/h1-3,5,7-8,14,16,22H,4,6,9H2,(H,23,25)(H,27,28)/t14-,16+/m1/s1. The molecular weight excluding hydrogens is 384 g/mol. The highest BCUT2D eigenvalue weighted by molar-refractivity contribution is 6.32. The number of nitrogens with one attached hydrogen (secondary N) is 2. The second kappa shape index (κ2) is 7.12. The molecule has 2 atom stereocenters. The van der Waals surface area contributed by atoms with Crippen LogP contribution in [-0.2, 0) is 14.4 Å². The van der Waals surface area contributed by atoms with E-state index in [0.29, 0.717) is 12.8 Å². The Kier molecular flexibility index (Phi) is 4.64. The summed E-state index contributed by atoms with van der Waals surface area (Å²) in [5.41, 5.74) is 1.44. The van der Waals surface area contributed by atoms with Gasteiger partial charge in [0.15, 0.2) is 0 Å². The van der Waals surface area contributed by atoms with E-state index in [-0.39, 0.29) is 29.2 Å². The Morgan fingerprint density at radius 2 is 2.14 bits per heavy atom. The molecule has 2 aliphatic heterocycles. The first kappa shape index (κ1) is 18.2. The van der Waals surface area contributed by atoms with Gasteiger partial charge in [0.25, 0.3) is 5.91 Å². The molecule has 9 heteroatoms. The predicted octanol–water partition coefficient (Wildman–Crippen LogP) is 1.67. The van der Waals surface area contributed by atoms with Gasteiger partial charge in [-0.2, -0.15) is 0 Å². The van der Waals surface area contributed by atoms with Crippen LogP contribution in [0.15, 0.2) is 47.3 Å². The first-order valence-electron chi connectivity index (χ1n) is 8.79. The lowest BCUT2D eigenvalue weighted by Gasteiger charge is -2.49. The fraction of sp³-hybridized carbons (Fsp3) is 0.263. The lowest BCUT2D eigenvalue weighted by Crippen LogP contribution is -2.71. The number of amides is 2. The van der Waals surface area contributed by atoms with Crippen molar-refractivity contribution in [1.82, 2.24) is 15.2 Å². The number of aromatic nitrogens is 1. The molecule has 1 fully saturated rings. The van der Waals surface area contributed by atoms with Gasteiger partial charge in [-0.1, -0.05) is 17.7 Å². The number of rotatable bonds is 5. The van der Waals surface area contributed by atoms with E-state index in [0.717, 1.165) is 16.6 Å². The number of hydrogen-bond donors (Lipinski definition) is 3. The zero-order valence-electron chi connectivity index (χ0n) is 14.7. The highest BCUT2D eigenvalue weighted by Gasteiger charge is 2.53. The first-order chi connectivity index (χ1) is 13.5. The number of β-lactam (4-membered cyclic amide) rings is 1. The SMILES string of the molecule is O=C(CNc1ccc2ncccc2c1)N[C@@H]1C(=O)N2C(C(=O)O)=C(Cl)CC[C@H]12. The molecule has 2 amide bonds. The Bertz CT molecular complexity index is 1020. The molecule has 1 saturated heterocycles. The maximum atomic E-state index is 12.3. The molecule has 1 aromatic carbocycles. The molecule has 0 bridgehead atoms. The minimum Gasteiger partial charge on any atom is -0.477 e. The van der Waals surface area contributed by atoms with Crippen molar-refractivity contribution >= 4 is 46.0 Å². The van der Waals surface area contributed by atoms with Crippen LogP contribution in [0.4, 0.5) is 5.69 Å². The zero-order chi connectivity index (χ0) is 19.8. The van der Waals surface area contributed by atoms with E-state index in [1.807, 2.05) is 30.3 Å². The molecule has 0 radical (unpaired) electrons. The number of carbonyl (C=O) groups excluding carboxylic acids is 2. The average Bonchev–Trinajstić information content (AvgIpc) is 2.69. The molecule has 0 aliphatic carbocycles. The van der Waals surface area contributed by atoms with Gasteiger partial charge >= 0.3 is 5.97 Å². The molecule has 3 N–H and O–H groups in total. The fourth-order valence-electron chi connectivity index (χ4n) is 3.61.